The van der Waals surface area contributed by atoms with E-state index < -0.39 is 5.97 Å². The summed E-state index contributed by atoms with van der Waals surface area (Å²) in [6.07, 6.45) is 0.369. The summed E-state index contributed by atoms with van der Waals surface area (Å²) in [7, 11) is 0. The average molecular weight is 301 g/mol. The van der Waals surface area contributed by atoms with E-state index in [0.717, 1.165) is 4.73 Å². The fraction of sp³-hybridized carbons (Fsp3) is 0.267. The molecule has 2 N–H and O–H groups in total. The Morgan fingerprint density at radius 1 is 1.50 bits per heavy atom. The van der Waals surface area contributed by atoms with Crippen LogP contribution in [0.15, 0.2) is 24.3 Å². The van der Waals surface area contributed by atoms with Gasteiger partial charge in [-0.2, -0.15) is 9.99 Å². The highest BCUT2D eigenvalue weighted by atomic mass is 16.7. The van der Waals surface area contributed by atoms with Gasteiger partial charge in [-0.3, -0.25) is 0 Å². The summed E-state index contributed by atoms with van der Waals surface area (Å²) in [4.78, 5) is 21.1. The van der Waals surface area contributed by atoms with Crippen molar-refractivity contribution in [1.29, 1.82) is 5.26 Å². The van der Waals surface area contributed by atoms with Gasteiger partial charge in [-0.05, 0) is 19.1 Å². The molecule has 0 saturated heterocycles. The molecule has 0 fully saturated rings. The van der Waals surface area contributed by atoms with E-state index in [2.05, 4.69) is 4.98 Å². The first-order chi connectivity index (χ1) is 10.6. The molecule has 1 aromatic carbocycles. The highest BCUT2D eigenvalue weighted by Gasteiger charge is 2.22. The fourth-order valence-electron chi connectivity index (χ4n) is 2.01. The second-order valence-electron chi connectivity index (χ2n) is 4.57. The van der Waals surface area contributed by atoms with E-state index in [4.69, 9.17) is 15.2 Å². The molecule has 0 aliphatic rings. The maximum absolute atomic E-state index is 11.4. The topological polar surface area (TPSA) is 108 Å². The summed E-state index contributed by atoms with van der Waals surface area (Å²) in [5.41, 5.74) is 1.26. The van der Waals surface area contributed by atoms with Crippen LogP contribution < -0.4 is 4.84 Å². The number of hydrogen-bond acceptors (Lipinski definition) is 5. The molecule has 0 unspecified atom stereocenters. The largest absolute Gasteiger partial charge is 0.476 e. The minimum absolute atomic E-state index is 0.0602. The molecule has 7 heteroatoms. The lowest BCUT2D eigenvalue weighted by Crippen LogP contribution is -2.20. The van der Waals surface area contributed by atoms with E-state index in [1.54, 1.807) is 31.2 Å². The number of carboxylic acids is 1. The van der Waals surface area contributed by atoms with Gasteiger partial charge in [0.05, 0.1) is 17.3 Å². The molecule has 22 heavy (non-hydrogen) atoms. The predicted octanol–water partition coefficient (Wildman–Crippen LogP) is 1.24. The van der Waals surface area contributed by atoms with E-state index in [1.807, 2.05) is 6.07 Å². The molecule has 114 valence electrons. The number of aromatic nitrogens is 2. The van der Waals surface area contributed by atoms with Gasteiger partial charge in [-0.25, -0.2) is 9.78 Å². The lowest BCUT2D eigenvalue weighted by molar-refractivity contribution is 0.0581. The number of carbonyl (C=O) groups is 1. The monoisotopic (exact) mass is 301 g/mol. The van der Waals surface area contributed by atoms with Crippen molar-refractivity contribution in [3.05, 3.63) is 41.2 Å². The Morgan fingerprint density at radius 3 is 2.91 bits per heavy atom. The molecule has 2 rings (SSSR count). The number of benzene rings is 1. The zero-order chi connectivity index (χ0) is 16.1. The Labute approximate surface area is 127 Å². The van der Waals surface area contributed by atoms with Crippen LogP contribution in [0.4, 0.5) is 0 Å². The van der Waals surface area contributed by atoms with Gasteiger partial charge < -0.3 is 15.1 Å². The number of rotatable bonds is 6. The molecule has 0 amide bonds. The SMILES string of the molecule is Cc1nc(-c2cccc(C#N)c2)n(OCCCO)c1C(=O)O. The number of aromatic carboxylic acids is 1. The van der Waals surface area contributed by atoms with Crippen molar-refractivity contribution < 1.29 is 19.8 Å². The summed E-state index contributed by atoms with van der Waals surface area (Å²) in [5, 5.41) is 27.1. The zero-order valence-electron chi connectivity index (χ0n) is 12.0. The molecule has 1 aromatic heterocycles. The molecular weight excluding hydrogens is 286 g/mol. The van der Waals surface area contributed by atoms with Gasteiger partial charge in [0.15, 0.2) is 11.5 Å². The summed E-state index contributed by atoms with van der Waals surface area (Å²) >= 11 is 0. The molecule has 2 aromatic rings. The van der Waals surface area contributed by atoms with Crippen LogP contribution in [0.3, 0.4) is 0 Å². The smallest absolute Gasteiger partial charge is 0.357 e. The lowest BCUT2D eigenvalue weighted by atomic mass is 10.1. The van der Waals surface area contributed by atoms with E-state index in [-0.39, 0.29) is 18.9 Å². The van der Waals surface area contributed by atoms with Crippen molar-refractivity contribution in [3.63, 3.8) is 0 Å². The van der Waals surface area contributed by atoms with Crippen LogP contribution in [0.25, 0.3) is 11.4 Å². The molecule has 0 atom stereocenters. The number of aliphatic hydroxyl groups is 1. The van der Waals surface area contributed by atoms with Gasteiger partial charge in [-0.15, -0.1) is 0 Å². The summed E-state index contributed by atoms with van der Waals surface area (Å²) < 4.78 is 1.14. The van der Waals surface area contributed by atoms with Crippen molar-refractivity contribution in [2.75, 3.05) is 13.2 Å². The molecule has 1 heterocycles. The standard InChI is InChI=1S/C15H15N3O4/c1-10-13(15(20)21)18(22-7-3-6-19)14(17-10)12-5-2-4-11(8-12)9-16/h2,4-5,8,19H,3,6-7H2,1H3,(H,20,21). The lowest BCUT2D eigenvalue weighted by Gasteiger charge is -2.11. The number of hydrogen-bond donors (Lipinski definition) is 2. The third-order valence-corrected chi connectivity index (χ3v) is 2.99. The molecular formula is C15H15N3O4. The molecule has 7 nitrogen and oxygen atoms in total. The number of carboxylic acid groups (broad SMARTS) is 1. The van der Waals surface area contributed by atoms with Crippen molar-refractivity contribution in [3.8, 4) is 17.5 Å². The maximum atomic E-state index is 11.4. The van der Waals surface area contributed by atoms with Crippen molar-refractivity contribution >= 4 is 5.97 Å². The number of aryl methyl sites for hydroxylation is 1. The van der Waals surface area contributed by atoms with Crippen LogP contribution in [0.5, 0.6) is 0 Å². The normalized spacial score (nSPS) is 10.2. The average Bonchev–Trinajstić information content (AvgIpc) is 2.84. The van der Waals surface area contributed by atoms with Gasteiger partial charge in [0.2, 0.25) is 0 Å². The first-order valence-electron chi connectivity index (χ1n) is 6.65. The van der Waals surface area contributed by atoms with Crippen LogP contribution in [-0.2, 0) is 0 Å². The summed E-state index contributed by atoms with van der Waals surface area (Å²) in [6, 6.07) is 8.70. The second kappa shape index (κ2) is 6.74. The van der Waals surface area contributed by atoms with Gasteiger partial charge >= 0.3 is 5.97 Å². The number of nitriles is 1. The number of nitrogens with zero attached hydrogens (tertiary/aromatic N) is 3. The molecule has 0 saturated carbocycles. The van der Waals surface area contributed by atoms with Gasteiger partial charge in [-0.1, -0.05) is 12.1 Å². The van der Waals surface area contributed by atoms with Crippen molar-refractivity contribution in [2.24, 2.45) is 0 Å². The highest BCUT2D eigenvalue weighted by molar-refractivity contribution is 5.88. The van der Waals surface area contributed by atoms with Crippen LogP contribution in [-0.4, -0.2) is 39.1 Å². The Bertz CT molecular complexity index is 731. The Hall–Kier alpha value is -2.85. The van der Waals surface area contributed by atoms with Crippen LogP contribution in [0.1, 0.15) is 28.2 Å². The van der Waals surface area contributed by atoms with Gasteiger partial charge in [0, 0.05) is 18.6 Å². The van der Waals surface area contributed by atoms with Crippen LogP contribution >= 0.6 is 0 Å². The molecule has 0 aliphatic heterocycles. The third kappa shape index (κ3) is 3.07. The minimum Gasteiger partial charge on any atom is -0.476 e. The maximum Gasteiger partial charge on any atom is 0.357 e. The molecule has 0 bridgehead atoms. The van der Waals surface area contributed by atoms with E-state index in [1.165, 1.54) is 0 Å². The van der Waals surface area contributed by atoms with Crippen molar-refractivity contribution in [1.82, 2.24) is 9.71 Å². The fourth-order valence-corrected chi connectivity index (χ4v) is 2.01. The van der Waals surface area contributed by atoms with E-state index in [0.29, 0.717) is 29.1 Å². The third-order valence-electron chi connectivity index (χ3n) is 2.99. The minimum atomic E-state index is -1.16. The first-order valence-corrected chi connectivity index (χ1v) is 6.65. The summed E-state index contributed by atoms with van der Waals surface area (Å²) in [5.74, 6) is -0.846. The van der Waals surface area contributed by atoms with E-state index >= 15 is 0 Å². The summed E-state index contributed by atoms with van der Waals surface area (Å²) in [6.45, 7) is 1.67. The Kier molecular flexibility index (Phi) is 4.76. The number of imidazole rings is 1. The predicted molar refractivity (Wildman–Crippen MR) is 77.2 cm³/mol. The second-order valence-corrected chi connectivity index (χ2v) is 4.57. The molecule has 0 aliphatic carbocycles. The zero-order valence-corrected chi connectivity index (χ0v) is 12.0. The quantitative estimate of drug-likeness (QED) is 0.777. The first kappa shape index (κ1) is 15.5. The van der Waals surface area contributed by atoms with Gasteiger partial charge in [0.1, 0.15) is 6.61 Å². The number of aliphatic hydroxyl groups excluding tert-OH is 1. The Balaban J connectivity index is 2.52. The van der Waals surface area contributed by atoms with E-state index in [9.17, 15) is 9.90 Å². The van der Waals surface area contributed by atoms with Crippen LogP contribution in [0.2, 0.25) is 0 Å². The highest BCUT2D eigenvalue weighted by Crippen LogP contribution is 2.22. The Morgan fingerprint density at radius 2 is 2.27 bits per heavy atom. The van der Waals surface area contributed by atoms with Gasteiger partial charge in [0.25, 0.3) is 0 Å². The van der Waals surface area contributed by atoms with Crippen LogP contribution in [0, 0.1) is 18.3 Å². The molecule has 0 radical (unpaired) electrons. The van der Waals surface area contributed by atoms with Crippen molar-refractivity contribution in [2.45, 2.75) is 13.3 Å². The molecule has 0 spiro atoms.